The third-order valence-electron chi connectivity index (χ3n) is 2.46. The third kappa shape index (κ3) is 2.44. The van der Waals surface area contributed by atoms with Crippen molar-refractivity contribution in [2.75, 3.05) is 5.32 Å². The monoisotopic (exact) mass is 236 g/mol. The summed E-state index contributed by atoms with van der Waals surface area (Å²) in [5, 5.41) is 4.23. The van der Waals surface area contributed by atoms with Gasteiger partial charge in [0.15, 0.2) is 5.13 Å². The summed E-state index contributed by atoms with van der Waals surface area (Å²) < 4.78 is 5.35. The van der Waals surface area contributed by atoms with E-state index in [4.69, 9.17) is 4.42 Å². The fourth-order valence-electron chi connectivity index (χ4n) is 1.38. The number of nitrogens with zero attached hydrogens (tertiary/aromatic N) is 1. The molecule has 0 aromatic carbocycles. The van der Waals surface area contributed by atoms with Gasteiger partial charge in [0.25, 0.3) is 0 Å². The topological polar surface area (TPSA) is 38.1 Å². The minimum absolute atomic E-state index is 0.540. The van der Waals surface area contributed by atoms with E-state index in [0.717, 1.165) is 10.9 Å². The summed E-state index contributed by atoms with van der Waals surface area (Å²) in [6.45, 7) is 7.09. The van der Waals surface area contributed by atoms with Crippen LogP contribution in [0.25, 0.3) is 0 Å². The second-order valence-corrected chi connectivity index (χ2v) is 5.17. The Morgan fingerprint density at radius 2 is 2.31 bits per heavy atom. The Labute approximate surface area is 99.5 Å². The van der Waals surface area contributed by atoms with E-state index >= 15 is 0 Å². The fraction of sp³-hybridized carbons (Fsp3) is 0.417. The smallest absolute Gasteiger partial charge is 0.183 e. The van der Waals surface area contributed by atoms with E-state index in [1.165, 1.54) is 10.4 Å². The van der Waals surface area contributed by atoms with E-state index in [-0.39, 0.29) is 0 Å². The van der Waals surface area contributed by atoms with Crippen LogP contribution in [0.2, 0.25) is 0 Å². The molecule has 0 unspecified atom stereocenters. The molecule has 2 aromatic heterocycles. The number of furan rings is 1. The number of rotatable bonds is 4. The lowest BCUT2D eigenvalue weighted by molar-refractivity contribution is 0.515. The van der Waals surface area contributed by atoms with Crippen LogP contribution in [0.3, 0.4) is 0 Å². The number of aromatic nitrogens is 1. The van der Waals surface area contributed by atoms with Crippen LogP contribution in [0.15, 0.2) is 22.9 Å². The molecule has 0 aliphatic heterocycles. The molecule has 86 valence electrons. The van der Waals surface area contributed by atoms with Crippen LogP contribution in [-0.4, -0.2) is 4.98 Å². The Kier molecular flexibility index (Phi) is 3.29. The number of aryl methyl sites for hydroxylation is 1. The number of hydrogen-bond acceptors (Lipinski definition) is 4. The average Bonchev–Trinajstić information content (AvgIpc) is 2.83. The highest BCUT2D eigenvalue weighted by molar-refractivity contribution is 7.15. The minimum Gasteiger partial charge on any atom is -0.467 e. The first-order valence-electron chi connectivity index (χ1n) is 5.39. The van der Waals surface area contributed by atoms with Crippen molar-refractivity contribution in [3.8, 4) is 0 Å². The van der Waals surface area contributed by atoms with Crippen LogP contribution >= 0.6 is 11.3 Å². The van der Waals surface area contributed by atoms with Gasteiger partial charge in [-0.2, -0.15) is 0 Å². The molecule has 3 nitrogen and oxygen atoms in total. The van der Waals surface area contributed by atoms with Gasteiger partial charge in [-0.1, -0.05) is 13.8 Å². The lowest BCUT2D eigenvalue weighted by atomic mass is 10.2. The first kappa shape index (κ1) is 11.2. The summed E-state index contributed by atoms with van der Waals surface area (Å²) in [7, 11) is 0. The number of thiazole rings is 1. The Morgan fingerprint density at radius 1 is 1.50 bits per heavy atom. The molecule has 2 rings (SSSR count). The molecule has 16 heavy (non-hydrogen) atoms. The normalized spacial score (nSPS) is 11.0. The summed E-state index contributed by atoms with van der Waals surface area (Å²) in [5.74, 6) is 1.51. The predicted octanol–water partition coefficient (Wildman–Crippen LogP) is 3.78. The number of nitrogens with one attached hydrogen (secondary N) is 1. The van der Waals surface area contributed by atoms with Crippen LogP contribution in [-0.2, 0) is 6.54 Å². The highest BCUT2D eigenvalue weighted by Crippen LogP contribution is 2.25. The predicted molar refractivity (Wildman–Crippen MR) is 67.0 cm³/mol. The molecule has 0 atom stereocenters. The molecule has 0 radical (unpaired) electrons. The SMILES string of the molecule is Cc1ccoc1CNc1ncc(C(C)C)s1. The van der Waals surface area contributed by atoms with E-state index < -0.39 is 0 Å². The maximum absolute atomic E-state index is 5.35. The lowest BCUT2D eigenvalue weighted by Gasteiger charge is -2.00. The molecule has 4 heteroatoms. The number of hydrogen-bond donors (Lipinski definition) is 1. The highest BCUT2D eigenvalue weighted by atomic mass is 32.1. The zero-order valence-electron chi connectivity index (χ0n) is 9.78. The molecule has 0 fully saturated rings. The van der Waals surface area contributed by atoms with Gasteiger partial charge in [-0.3, -0.25) is 0 Å². The summed E-state index contributed by atoms with van der Waals surface area (Å²) in [5.41, 5.74) is 1.17. The van der Waals surface area contributed by atoms with E-state index in [2.05, 4.69) is 24.1 Å². The van der Waals surface area contributed by atoms with Crippen molar-refractivity contribution in [1.29, 1.82) is 0 Å². The molecule has 0 aliphatic rings. The Balaban J connectivity index is 1.97. The number of anilines is 1. The van der Waals surface area contributed by atoms with Crippen molar-refractivity contribution in [1.82, 2.24) is 4.98 Å². The summed E-state index contributed by atoms with van der Waals surface area (Å²) in [6.07, 6.45) is 3.65. The van der Waals surface area contributed by atoms with Gasteiger partial charge in [0, 0.05) is 11.1 Å². The molecule has 1 N–H and O–H groups in total. The molecule has 0 saturated heterocycles. The van der Waals surface area contributed by atoms with Gasteiger partial charge in [-0.25, -0.2) is 4.98 Å². The second kappa shape index (κ2) is 4.70. The highest BCUT2D eigenvalue weighted by Gasteiger charge is 2.06. The molecule has 0 aliphatic carbocycles. The summed E-state index contributed by atoms with van der Waals surface area (Å²) >= 11 is 1.70. The van der Waals surface area contributed by atoms with Crippen molar-refractivity contribution >= 4 is 16.5 Å². The van der Waals surface area contributed by atoms with Gasteiger partial charge in [0.05, 0.1) is 12.8 Å². The molecule has 0 spiro atoms. The standard InChI is InChI=1S/C12H16N2OS/c1-8(2)11-7-14-12(16-11)13-6-10-9(3)4-5-15-10/h4-5,7-8H,6H2,1-3H3,(H,13,14). The summed E-state index contributed by atoms with van der Waals surface area (Å²) in [4.78, 5) is 5.64. The van der Waals surface area contributed by atoms with Crippen LogP contribution in [0, 0.1) is 6.92 Å². The second-order valence-electron chi connectivity index (χ2n) is 4.10. The largest absolute Gasteiger partial charge is 0.467 e. The van der Waals surface area contributed by atoms with E-state index in [0.29, 0.717) is 12.5 Å². The van der Waals surface area contributed by atoms with Crippen LogP contribution in [0.4, 0.5) is 5.13 Å². The van der Waals surface area contributed by atoms with Crippen molar-refractivity contribution in [2.45, 2.75) is 33.2 Å². The van der Waals surface area contributed by atoms with Crippen molar-refractivity contribution < 1.29 is 4.42 Å². The first-order valence-corrected chi connectivity index (χ1v) is 6.21. The van der Waals surface area contributed by atoms with Gasteiger partial charge in [0.2, 0.25) is 0 Å². The van der Waals surface area contributed by atoms with Gasteiger partial charge < -0.3 is 9.73 Å². The lowest BCUT2D eigenvalue weighted by Crippen LogP contribution is -1.98. The van der Waals surface area contributed by atoms with E-state index in [1.807, 2.05) is 19.2 Å². The zero-order chi connectivity index (χ0) is 11.5. The van der Waals surface area contributed by atoms with Crippen LogP contribution in [0.1, 0.15) is 36.0 Å². The first-order chi connectivity index (χ1) is 7.66. The van der Waals surface area contributed by atoms with Gasteiger partial charge in [-0.05, 0) is 24.5 Å². The summed E-state index contributed by atoms with van der Waals surface area (Å²) in [6, 6.07) is 1.97. The average molecular weight is 236 g/mol. The molecule has 0 saturated carbocycles. The molecule has 0 amide bonds. The molecule has 2 heterocycles. The molecular weight excluding hydrogens is 220 g/mol. The minimum atomic E-state index is 0.540. The van der Waals surface area contributed by atoms with Crippen molar-refractivity contribution in [2.24, 2.45) is 0 Å². The van der Waals surface area contributed by atoms with Crippen molar-refractivity contribution in [3.05, 3.63) is 34.7 Å². The molecule has 2 aromatic rings. The fourth-order valence-corrected chi connectivity index (χ4v) is 2.19. The zero-order valence-corrected chi connectivity index (χ0v) is 10.6. The van der Waals surface area contributed by atoms with Crippen LogP contribution in [0.5, 0.6) is 0 Å². The Hall–Kier alpha value is -1.29. The molecule has 0 bridgehead atoms. The van der Waals surface area contributed by atoms with Gasteiger partial charge >= 0.3 is 0 Å². The van der Waals surface area contributed by atoms with Gasteiger partial charge in [-0.15, -0.1) is 11.3 Å². The third-order valence-corrected chi connectivity index (χ3v) is 3.72. The van der Waals surface area contributed by atoms with E-state index in [1.54, 1.807) is 17.6 Å². The Morgan fingerprint density at radius 3 is 2.88 bits per heavy atom. The van der Waals surface area contributed by atoms with Gasteiger partial charge in [0.1, 0.15) is 5.76 Å². The van der Waals surface area contributed by atoms with Crippen molar-refractivity contribution in [3.63, 3.8) is 0 Å². The Bertz CT molecular complexity index is 459. The van der Waals surface area contributed by atoms with Crippen LogP contribution < -0.4 is 5.32 Å². The van der Waals surface area contributed by atoms with E-state index in [9.17, 15) is 0 Å². The molecular formula is C12H16N2OS. The quantitative estimate of drug-likeness (QED) is 0.878. The maximum Gasteiger partial charge on any atom is 0.183 e. The maximum atomic E-state index is 5.35.